The summed E-state index contributed by atoms with van der Waals surface area (Å²) in [4.78, 5) is 11.9. The van der Waals surface area contributed by atoms with Gasteiger partial charge in [-0.05, 0) is 36.4 Å². The molecule has 0 aliphatic rings. The minimum atomic E-state index is -0.768. The molecule has 0 N–H and O–H groups in total. The number of hydrogen-bond acceptors (Lipinski definition) is 4. The van der Waals surface area contributed by atoms with Gasteiger partial charge in [-0.15, -0.1) is 0 Å². The molecule has 0 saturated carbocycles. The van der Waals surface area contributed by atoms with E-state index < -0.39 is 17.6 Å². The van der Waals surface area contributed by atoms with Gasteiger partial charge in [-0.25, -0.2) is 13.6 Å². The maximum absolute atomic E-state index is 13.7. The molecule has 0 saturated heterocycles. The molecule has 0 aliphatic heterocycles. The SMILES string of the molecule is O=C(OCc1cc(-c2ccc(F)cc2F)on1)c1ccc(Cl)cc1. The number of halogens is 3. The van der Waals surface area contributed by atoms with Gasteiger partial charge in [0.25, 0.3) is 0 Å². The molecule has 122 valence electrons. The van der Waals surface area contributed by atoms with Crippen LogP contribution < -0.4 is 0 Å². The van der Waals surface area contributed by atoms with Gasteiger partial charge in [0.15, 0.2) is 5.76 Å². The van der Waals surface area contributed by atoms with E-state index in [1.54, 1.807) is 12.1 Å². The van der Waals surface area contributed by atoms with Gasteiger partial charge in [-0.1, -0.05) is 16.8 Å². The number of hydrogen-bond donors (Lipinski definition) is 0. The molecule has 0 unspecified atom stereocenters. The van der Waals surface area contributed by atoms with Gasteiger partial charge in [0.2, 0.25) is 0 Å². The van der Waals surface area contributed by atoms with E-state index in [1.165, 1.54) is 24.3 Å². The molecule has 0 radical (unpaired) electrons. The number of carbonyl (C=O) groups excluding carboxylic acids is 1. The standard InChI is InChI=1S/C17H10ClF2NO3/c18-11-3-1-10(2-4-11)17(22)23-9-13-8-16(24-21-13)14-6-5-12(19)7-15(14)20/h1-8H,9H2. The van der Waals surface area contributed by atoms with Crippen LogP contribution in [0.15, 0.2) is 53.1 Å². The maximum Gasteiger partial charge on any atom is 0.338 e. The number of ether oxygens (including phenoxy) is 1. The van der Waals surface area contributed by atoms with Crippen molar-refractivity contribution >= 4 is 17.6 Å². The molecule has 0 aliphatic carbocycles. The molecule has 4 nitrogen and oxygen atoms in total. The van der Waals surface area contributed by atoms with Gasteiger partial charge in [-0.3, -0.25) is 0 Å². The number of rotatable bonds is 4. The largest absolute Gasteiger partial charge is 0.455 e. The minimum absolute atomic E-state index is 0.0687. The fourth-order valence-corrected chi connectivity index (χ4v) is 2.13. The van der Waals surface area contributed by atoms with Crippen LogP contribution in [0.3, 0.4) is 0 Å². The van der Waals surface area contributed by atoms with Gasteiger partial charge >= 0.3 is 5.97 Å². The molecule has 1 aromatic heterocycles. The quantitative estimate of drug-likeness (QED) is 0.644. The van der Waals surface area contributed by atoms with E-state index in [1.807, 2.05) is 0 Å². The van der Waals surface area contributed by atoms with Crippen LogP contribution in [-0.4, -0.2) is 11.1 Å². The lowest BCUT2D eigenvalue weighted by Crippen LogP contribution is -2.05. The summed E-state index contributed by atoms with van der Waals surface area (Å²) in [6, 6.07) is 10.7. The third kappa shape index (κ3) is 3.60. The second-order valence-electron chi connectivity index (χ2n) is 4.89. The van der Waals surface area contributed by atoms with Crippen molar-refractivity contribution in [2.75, 3.05) is 0 Å². The fourth-order valence-electron chi connectivity index (χ4n) is 2.00. The predicted octanol–water partition coefficient (Wildman–Crippen LogP) is 4.63. The van der Waals surface area contributed by atoms with Gasteiger partial charge in [0, 0.05) is 17.2 Å². The summed E-state index contributed by atoms with van der Waals surface area (Å²) in [6.07, 6.45) is 0. The summed E-state index contributed by atoms with van der Waals surface area (Å²) in [6.45, 7) is -0.145. The molecular formula is C17H10ClF2NO3. The van der Waals surface area contributed by atoms with Gasteiger partial charge in [0.1, 0.15) is 23.9 Å². The zero-order valence-corrected chi connectivity index (χ0v) is 12.9. The first-order valence-corrected chi connectivity index (χ1v) is 7.24. The van der Waals surface area contributed by atoms with Crippen molar-refractivity contribution in [3.8, 4) is 11.3 Å². The Labute approximate surface area is 140 Å². The summed E-state index contributed by atoms with van der Waals surface area (Å²) < 4.78 is 36.7. The van der Waals surface area contributed by atoms with E-state index in [2.05, 4.69) is 5.16 Å². The van der Waals surface area contributed by atoms with Crippen molar-refractivity contribution in [3.63, 3.8) is 0 Å². The Kier molecular flexibility index (Phi) is 4.57. The second-order valence-corrected chi connectivity index (χ2v) is 5.33. The van der Waals surface area contributed by atoms with Gasteiger partial charge < -0.3 is 9.26 Å². The Balaban J connectivity index is 1.68. The molecule has 1 heterocycles. The van der Waals surface area contributed by atoms with Crippen molar-refractivity contribution in [3.05, 3.63) is 76.4 Å². The Bertz CT molecular complexity index is 878. The van der Waals surface area contributed by atoms with Crippen LogP contribution >= 0.6 is 11.6 Å². The maximum atomic E-state index is 13.7. The number of aromatic nitrogens is 1. The molecule has 0 atom stereocenters. The summed E-state index contributed by atoms with van der Waals surface area (Å²) in [7, 11) is 0. The van der Waals surface area contributed by atoms with Crippen molar-refractivity contribution in [1.29, 1.82) is 0 Å². The smallest absolute Gasteiger partial charge is 0.338 e. The highest BCUT2D eigenvalue weighted by Gasteiger charge is 2.14. The van der Waals surface area contributed by atoms with Crippen LogP contribution in [0.5, 0.6) is 0 Å². The van der Waals surface area contributed by atoms with Crippen LogP contribution in [0.2, 0.25) is 5.02 Å². The van der Waals surface area contributed by atoms with E-state index in [4.69, 9.17) is 20.9 Å². The summed E-state index contributed by atoms with van der Waals surface area (Å²) in [5, 5.41) is 4.21. The van der Waals surface area contributed by atoms with Crippen molar-refractivity contribution in [1.82, 2.24) is 5.16 Å². The first-order chi connectivity index (χ1) is 11.5. The number of benzene rings is 2. The highest BCUT2D eigenvalue weighted by molar-refractivity contribution is 6.30. The zero-order valence-electron chi connectivity index (χ0n) is 12.1. The number of esters is 1. The molecule has 2 aromatic carbocycles. The van der Waals surface area contributed by atoms with Crippen LogP contribution in [0, 0.1) is 11.6 Å². The average Bonchev–Trinajstić information content (AvgIpc) is 3.02. The Morgan fingerprint density at radius 1 is 1.12 bits per heavy atom. The molecule has 7 heteroatoms. The lowest BCUT2D eigenvalue weighted by Gasteiger charge is -2.02. The van der Waals surface area contributed by atoms with Gasteiger partial charge in [0.05, 0.1) is 11.1 Å². The number of nitrogens with zero attached hydrogens (tertiary/aromatic N) is 1. The Hall–Kier alpha value is -2.73. The van der Waals surface area contributed by atoms with E-state index in [0.717, 1.165) is 12.1 Å². The first kappa shape index (κ1) is 16.1. The first-order valence-electron chi connectivity index (χ1n) is 6.86. The van der Waals surface area contributed by atoms with E-state index in [9.17, 15) is 13.6 Å². The normalized spacial score (nSPS) is 10.6. The minimum Gasteiger partial charge on any atom is -0.455 e. The Morgan fingerprint density at radius 3 is 2.58 bits per heavy atom. The summed E-state index contributed by atoms with van der Waals surface area (Å²) >= 11 is 5.74. The lowest BCUT2D eigenvalue weighted by molar-refractivity contribution is 0.0464. The fraction of sp³-hybridized carbons (Fsp3) is 0.0588. The van der Waals surface area contributed by atoms with E-state index in [-0.39, 0.29) is 17.9 Å². The predicted molar refractivity (Wildman–Crippen MR) is 82.4 cm³/mol. The van der Waals surface area contributed by atoms with Crippen molar-refractivity contribution < 1.29 is 22.8 Å². The molecule has 24 heavy (non-hydrogen) atoms. The highest BCUT2D eigenvalue weighted by Crippen LogP contribution is 2.24. The topological polar surface area (TPSA) is 52.3 Å². The van der Waals surface area contributed by atoms with Crippen LogP contribution in [0.4, 0.5) is 8.78 Å². The molecule has 3 aromatic rings. The van der Waals surface area contributed by atoms with Gasteiger partial charge in [-0.2, -0.15) is 0 Å². The monoisotopic (exact) mass is 349 g/mol. The summed E-state index contributed by atoms with van der Waals surface area (Å²) in [5.41, 5.74) is 0.711. The molecule has 0 fully saturated rings. The molecular weight excluding hydrogens is 340 g/mol. The number of carbonyl (C=O) groups is 1. The third-order valence-corrected chi connectivity index (χ3v) is 3.44. The van der Waals surface area contributed by atoms with Crippen molar-refractivity contribution in [2.45, 2.75) is 6.61 Å². The molecule has 0 spiro atoms. The van der Waals surface area contributed by atoms with E-state index in [0.29, 0.717) is 16.3 Å². The lowest BCUT2D eigenvalue weighted by atomic mass is 10.1. The summed E-state index contributed by atoms with van der Waals surface area (Å²) in [5.74, 6) is -1.89. The highest BCUT2D eigenvalue weighted by atomic mass is 35.5. The van der Waals surface area contributed by atoms with Crippen molar-refractivity contribution in [2.24, 2.45) is 0 Å². The van der Waals surface area contributed by atoms with E-state index >= 15 is 0 Å². The van der Waals surface area contributed by atoms with Crippen LogP contribution in [0.1, 0.15) is 16.1 Å². The third-order valence-electron chi connectivity index (χ3n) is 3.19. The average molecular weight is 350 g/mol. The van der Waals surface area contributed by atoms with Crippen LogP contribution in [0.25, 0.3) is 11.3 Å². The van der Waals surface area contributed by atoms with Crippen LogP contribution in [-0.2, 0) is 11.3 Å². The Morgan fingerprint density at radius 2 is 1.88 bits per heavy atom. The zero-order chi connectivity index (χ0) is 17.1. The molecule has 0 amide bonds. The molecule has 0 bridgehead atoms. The second kappa shape index (κ2) is 6.80. The molecule has 3 rings (SSSR count).